The first kappa shape index (κ1) is 12.0. The maximum Gasteiger partial charge on any atom is 0.120 e. The number of hydrogen-bond donors (Lipinski definition) is 3. The Morgan fingerprint density at radius 2 is 2.07 bits per heavy atom. The van der Waals surface area contributed by atoms with Gasteiger partial charge in [0.2, 0.25) is 0 Å². The molecule has 3 nitrogen and oxygen atoms in total. The van der Waals surface area contributed by atoms with Crippen molar-refractivity contribution in [2.45, 2.75) is 32.4 Å². The van der Waals surface area contributed by atoms with Crippen LogP contribution in [0.25, 0.3) is 0 Å². The third-order valence-corrected chi connectivity index (χ3v) is 2.43. The van der Waals surface area contributed by atoms with Crippen molar-refractivity contribution in [3.05, 3.63) is 29.8 Å². The summed E-state index contributed by atoms with van der Waals surface area (Å²) in [6.07, 6.45) is 1.76. The standard InChI is InChI=1S/C12H19NO2/c1-10(5-4-8-14)13-9-11-6-2-3-7-12(11)15/h2-3,6-7,10,13-15H,4-5,8-9H2,1H3. The monoisotopic (exact) mass is 209 g/mol. The van der Waals surface area contributed by atoms with Crippen LogP contribution in [0.15, 0.2) is 24.3 Å². The molecule has 3 N–H and O–H groups in total. The minimum Gasteiger partial charge on any atom is -0.508 e. The first-order valence-electron chi connectivity index (χ1n) is 5.35. The summed E-state index contributed by atoms with van der Waals surface area (Å²) in [5.41, 5.74) is 0.911. The number of benzene rings is 1. The molecule has 0 aliphatic carbocycles. The van der Waals surface area contributed by atoms with E-state index in [0.29, 0.717) is 18.3 Å². The van der Waals surface area contributed by atoms with E-state index in [9.17, 15) is 5.11 Å². The van der Waals surface area contributed by atoms with Gasteiger partial charge in [0, 0.05) is 24.8 Å². The molecule has 1 unspecified atom stereocenters. The third-order valence-electron chi connectivity index (χ3n) is 2.43. The summed E-state index contributed by atoms with van der Waals surface area (Å²) in [4.78, 5) is 0. The van der Waals surface area contributed by atoms with Crippen LogP contribution in [0.5, 0.6) is 5.75 Å². The molecule has 0 amide bonds. The summed E-state index contributed by atoms with van der Waals surface area (Å²) in [6, 6.07) is 7.68. The van der Waals surface area contributed by atoms with Gasteiger partial charge in [0.1, 0.15) is 5.75 Å². The number of hydrogen-bond acceptors (Lipinski definition) is 3. The average molecular weight is 209 g/mol. The fraction of sp³-hybridized carbons (Fsp3) is 0.500. The number of para-hydroxylation sites is 1. The van der Waals surface area contributed by atoms with Gasteiger partial charge >= 0.3 is 0 Å². The molecule has 1 aromatic rings. The Bertz CT molecular complexity index is 289. The molecule has 0 spiro atoms. The first-order valence-corrected chi connectivity index (χ1v) is 5.35. The van der Waals surface area contributed by atoms with Gasteiger partial charge in [0.05, 0.1) is 0 Å². The molecule has 84 valence electrons. The zero-order chi connectivity index (χ0) is 11.1. The molecule has 0 aromatic heterocycles. The SMILES string of the molecule is CC(CCCO)NCc1ccccc1O. The maximum absolute atomic E-state index is 9.52. The fourth-order valence-corrected chi connectivity index (χ4v) is 1.44. The Morgan fingerprint density at radius 1 is 1.33 bits per heavy atom. The molecular weight excluding hydrogens is 190 g/mol. The lowest BCUT2D eigenvalue weighted by Crippen LogP contribution is -2.25. The van der Waals surface area contributed by atoms with E-state index in [4.69, 9.17) is 5.11 Å². The molecule has 0 bridgehead atoms. The van der Waals surface area contributed by atoms with E-state index in [1.165, 1.54) is 0 Å². The van der Waals surface area contributed by atoms with Crippen LogP contribution in [0, 0.1) is 0 Å². The summed E-state index contributed by atoms with van der Waals surface area (Å²) in [7, 11) is 0. The fourth-order valence-electron chi connectivity index (χ4n) is 1.44. The topological polar surface area (TPSA) is 52.5 Å². The van der Waals surface area contributed by atoms with Crippen molar-refractivity contribution in [3.8, 4) is 5.75 Å². The van der Waals surface area contributed by atoms with Crippen molar-refractivity contribution in [3.63, 3.8) is 0 Å². The van der Waals surface area contributed by atoms with Crippen LogP contribution in [0.4, 0.5) is 0 Å². The molecule has 0 fully saturated rings. The molecule has 3 heteroatoms. The molecule has 1 atom stereocenters. The zero-order valence-electron chi connectivity index (χ0n) is 9.11. The molecule has 15 heavy (non-hydrogen) atoms. The number of rotatable bonds is 6. The smallest absolute Gasteiger partial charge is 0.120 e. The van der Waals surface area contributed by atoms with E-state index in [-0.39, 0.29) is 6.61 Å². The van der Waals surface area contributed by atoms with Crippen LogP contribution in [0.1, 0.15) is 25.3 Å². The van der Waals surface area contributed by atoms with Gasteiger partial charge in [0.15, 0.2) is 0 Å². The second kappa shape index (κ2) is 6.43. The van der Waals surface area contributed by atoms with Crippen LogP contribution in [-0.2, 0) is 6.54 Å². The van der Waals surface area contributed by atoms with Gasteiger partial charge in [-0.25, -0.2) is 0 Å². The van der Waals surface area contributed by atoms with Gasteiger partial charge in [-0.1, -0.05) is 18.2 Å². The van der Waals surface area contributed by atoms with E-state index < -0.39 is 0 Å². The maximum atomic E-state index is 9.52. The molecule has 0 aliphatic rings. The molecule has 0 radical (unpaired) electrons. The zero-order valence-corrected chi connectivity index (χ0v) is 9.11. The summed E-state index contributed by atoms with van der Waals surface area (Å²) < 4.78 is 0. The molecule has 0 aliphatic heterocycles. The van der Waals surface area contributed by atoms with Crippen LogP contribution < -0.4 is 5.32 Å². The van der Waals surface area contributed by atoms with Crippen molar-refractivity contribution in [1.29, 1.82) is 0 Å². The lowest BCUT2D eigenvalue weighted by molar-refractivity contribution is 0.276. The summed E-state index contributed by atoms with van der Waals surface area (Å²) in [5.74, 6) is 0.333. The highest BCUT2D eigenvalue weighted by Crippen LogP contribution is 2.15. The third kappa shape index (κ3) is 4.32. The highest BCUT2D eigenvalue weighted by atomic mass is 16.3. The van der Waals surface area contributed by atoms with E-state index in [0.717, 1.165) is 18.4 Å². The van der Waals surface area contributed by atoms with Gasteiger partial charge in [-0.3, -0.25) is 0 Å². The number of phenolic OH excluding ortho intramolecular Hbond substituents is 1. The van der Waals surface area contributed by atoms with Crippen molar-refractivity contribution < 1.29 is 10.2 Å². The quantitative estimate of drug-likeness (QED) is 0.667. The lowest BCUT2D eigenvalue weighted by Gasteiger charge is -2.13. The molecule has 1 aromatic carbocycles. The van der Waals surface area contributed by atoms with Gasteiger partial charge in [-0.2, -0.15) is 0 Å². The minimum absolute atomic E-state index is 0.239. The van der Waals surface area contributed by atoms with E-state index in [2.05, 4.69) is 12.2 Å². The van der Waals surface area contributed by atoms with Gasteiger partial charge in [0.25, 0.3) is 0 Å². The molecule has 1 rings (SSSR count). The molecule has 0 saturated heterocycles. The van der Waals surface area contributed by atoms with Gasteiger partial charge < -0.3 is 15.5 Å². The average Bonchev–Trinajstić information content (AvgIpc) is 2.25. The number of aliphatic hydroxyl groups excluding tert-OH is 1. The molecular formula is C12H19NO2. The first-order chi connectivity index (χ1) is 7.24. The second-order valence-electron chi connectivity index (χ2n) is 3.78. The van der Waals surface area contributed by atoms with Gasteiger partial charge in [-0.05, 0) is 25.8 Å². The number of phenols is 1. The Morgan fingerprint density at radius 3 is 2.73 bits per heavy atom. The van der Waals surface area contributed by atoms with E-state index >= 15 is 0 Å². The van der Waals surface area contributed by atoms with Crippen LogP contribution in [-0.4, -0.2) is 22.9 Å². The predicted octanol–water partition coefficient (Wildman–Crippen LogP) is 1.64. The lowest BCUT2D eigenvalue weighted by atomic mass is 10.1. The van der Waals surface area contributed by atoms with Gasteiger partial charge in [-0.15, -0.1) is 0 Å². The number of aromatic hydroxyl groups is 1. The largest absolute Gasteiger partial charge is 0.508 e. The number of nitrogens with one attached hydrogen (secondary N) is 1. The Hall–Kier alpha value is -1.06. The van der Waals surface area contributed by atoms with Crippen LogP contribution >= 0.6 is 0 Å². The van der Waals surface area contributed by atoms with Crippen molar-refractivity contribution in [2.24, 2.45) is 0 Å². The van der Waals surface area contributed by atoms with Crippen molar-refractivity contribution in [1.82, 2.24) is 5.32 Å². The van der Waals surface area contributed by atoms with Crippen LogP contribution in [0.3, 0.4) is 0 Å². The predicted molar refractivity (Wildman–Crippen MR) is 60.7 cm³/mol. The Balaban J connectivity index is 2.33. The number of aliphatic hydroxyl groups is 1. The minimum atomic E-state index is 0.239. The highest BCUT2D eigenvalue weighted by molar-refractivity contribution is 5.31. The van der Waals surface area contributed by atoms with E-state index in [1.807, 2.05) is 18.2 Å². The van der Waals surface area contributed by atoms with E-state index in [1.54, 1.807) is 6.07 Å². The summed E-state index contributed by atoms with van der Waals surface area (Å²) in [5, 5.41) is 21.5. The molecule has 0 heterocycles. The van der Waals surface area contributed by atoms with Crippen molar-refractivity contribution >= 4 is 0 Å². The highest BCUT2D eigenvalue weighted by Gasteiger charge is 2.03. The Kier molecular flexibility index (Phi) is 5.15. The summed E-state index contributed by atoms with van der Waals surface area (Å²) in [6.45, 7) is 2.98. The summed E-state index contributed by atoms with van der Waals surface area (Å²) >= 11 is 0. The van der Waals surface area contributed by atoms with Crippen molar-refractivity contribution in [2.75, 3.05) is 6.61 Å². The normalized spacial score (nSPS) is 12.7. The second-order valence-corrected chi connectivity index (χ2v) is 3.78. The molecule has 0 saturated carbocycles. The van der Waals surface area contributed by atoms with Crippen LogP contribution in [0.2, 0.25) is 0 Å². The Labute approximate surface area is 90.8 Å².